The van der Waals surface area contributed by atoms with Gasteiger partial charge >= 0.3 is 0 Å². The summed E-state index contributed by atoms with van der Waals surface area (Å²) in [7, 11) is 1.59. The van der Waals surface area contributed by atoms with Crippen LogP contribution in [0.2, 0.25) is 0 Å². The molecular formula is C23H37Cl2N7O3S. The number of rotatable bonds is 11. The first-order valence-corrected chi connectivity index (χ1v) is 12.9. The Hall–Kier alpha value is -2.21. The zero-order chi connectivity index (χ0) is 24.3. The topological polar surface area (TPSA) is 136 Å². The Labute approximate surface area is 229 Å². The number of aryl methyl sites for hydroxylation is 1. The fourth-order valence-corrected chi connectivity index (χ4v) is 4.14. The summed E-state index contributed by atoms with van der Waals surface area (Å²) in [6.07, 6.45) is 6.06. The number of carbonyl (C=O) groups is 1. The summed E-state index contributed by atoms with van der Waals surface area (Å²) in [5, 5.41) is 14.5. The second-order valence-electron chi connectivity index (χ2n) is 8.25. The molecule has 1 amide bonds. The number of fused-ring (bicyclic) bond motifs is 1. The summed E-state index contributed by atoms with van der Waals surface area (Å²) >= 11 is 1.69. The maximum Gasteiger partial charge on any atom is 0.289 e. The lowest BCUT2D eigenvalue weighted by atomic mass is 9.90. The molecule has 202 valence electrons. The molecule has 1 fully saturated rings. The van der Waals surface area contributed by atoms with Crippen LogP contribution in [0.5, 0.6) is 0 Å². The first-order valence-electron chi connectivity index (χ1n) is 11.5. The predicted octanol–water partition coefficient (Wildman–Crippen LogP) is 3.08. The molecule has 1 heterocycles. The quantitative estimate of drug-likeness (QED) is 0.141. The molecule has 2 atom stereocenters. The van der Waals surface area contributed by atoms with Crippen molar-refractivity contribution in [2.45, 2.75) is 44.7 Å². The van der Waals surface area contributed by atoms with E-state index in [1.165, 1.54) is 0 Å². The van der Waals surface area contributed by atoms with Gasteiger partial charge in [-0.25, -0.2) is 9.97 Å². The lowest BCUT2D eigenvalue weighted by molar-refractivity contribution is 0.0927. The Morgan fingerprint density at radius 3 is 2.67 bits per heavy atom. The number of anilines is 1. The normalized spacial score (nSPS) is 17.5. The van der Waals surface area contributed by atoms with Gasteiger partial charge in [0.15, 0.2) is 0 Å². The maximum absolute atomic E-state index is 12.7. The molecule has 5 N–H and O–H groups in total. The first kappa shape index (κ1) is 31.8. The van der Waals surface area contributed by atoms with Gasteiger partial charge in [0.05, 0.1) is 12.1 Å². The Balaban J connectivity index is 0.00000324. The molecule has 0 unspecified atom stereocenters. The highest BCUT2D eigenvalue weighted by atomic mass is 35.5. The van der Waals surface area contributed by atoms with Gasteiger partial charge in [-0.1, -0.05) is 24.5 Å². The molecule has 0 bridgehead atoms. The van der Waals surface area contributed by atoms with E-state index in [1.807, 2.05) is 31.4 Å². The van der Waals surface area contributed by atoms with E-state index in [2.05, 4.69) is 31.1 Å². The molecule has 13 heteroatoms. The number of aromatic nitrogens is 2. The van der Waals surface area contributed by atoms with Crippen LogP contribution in [0.4, 0.5) is 5.82 Å². The molecule has 1 saturated carbocycles. The predicted molar refractivity (Wildman–Crippen MR) is 152 cm³/mol. The van der Waals surface area contributed by atoms with Crippen LogP contribution in [0, 0.1) is 6.92 Å². The number of nitrogens with one attached hydrogen (secondary N) is 3. The van der Waals surface area contributed by atoms with Crippen LogP contribution in [0.1, 0.15) is 41.9 Å². The number of hydrogen-bond donors (Lipinski definition) is 4. The van der Waals surface area contributed by atoms with Crippen LogP contribution in [0.3, 0.4) is 0 Å². The molecule has 0 aliphatic heterocycles. The van der Waals surface area contributed by atoms with Crippen LogP contribution in [-0.4, -0.2) is 72.8 Å². The number of benzene rings is 1. The molecule has 1 aliphatic carbocycles. The molecule has 0 spiro atoms. The van der Waals surface area contributed by atoms with Crippen LogP contribution < -0.4 is 21.7 Å². The van der Waals surface area contributed by atoms with Gasteiger partial charge in [0.2, 0.25) is 11.8 Å². The highest BCUT2D eigenvalue weighted by Gasteiger charge is 2.27. The second-order valence-corrected chi connectivity index (χ2v) is 9.24. The smallest absolute Gasteiger partial charge is 0.289 e. The van der Waals surface area contributed by atoms with Crippen molar-refractivity contribution in [1.82, 2.24) is 20.6 Å². The summed E-state index contributed by atoms with van der Waals surface area (Å²) in [6.45, 7) is 3.34. The number of hydrogen-bond acceptors (Lipinski definition) is 8. The van der Waals surface area contributed by atoms with Crippen molar-refractivity contribution in [1.29, 1.82) is 0 Å². The molecule has 1 aromatic heterocycles. The average Bonchev–Trinajstić information content (AvgIpc) is 2.83. The van der Waals surface area contributed by atoms with Crippen molar-refractivity contribution in [3.05, 3.63) is 29.6 Å². The number of nitrogens with two attached hydrogens (primary N) is 1. The first-order chi connectivity index (χ1) is 16.5. The van der Waals surface area contributed by atoms with Crippen molar-refractivity contribution < 1.29 is 14.4 Å². The van der Waals surface area contributed by atoms with Gasteiger partial charge in [0.1, 0.15) is 12.4 Å². The number of oxime groups is 1. The second kappa shape index (κ2) is 16.5. The summed E-state index contributed by atoms with van der Waals surface area (Å²) in [5.74, 6) is 1.54. The van der Waals surface area contributed by atoms with E-state index in [9.17, 15) is 4.79 Å². The van der Waals surface area contributed by atoms with Crippen LogP contribution >= 0.6 is 36.6 Å². The van der Waals surface area contributed by atoms with E-state index in [4.69, 9.17) is 15.3 Å². The zero-order valence-electron chi connectivity index (χ0n) is 20.9. The monoisotopic (exact) mass is 561 g/mol. The van der Waals surface area contributed by atoms with Gasteiger partial charge in [-0.05, 0) is 43.3 Å². The van der Waals surface area contributed by atoms with Gasteiger partial charge in [-0.15, -0.1) is 24.8 Å². The Kier molecular flexibility index (Phi) is 14.6. The van der Waals surface area contributed by atoms with Crippen molar-refractivity contribution in [2.75, 3.05) is 44.2 Å². The average molecular weight is 563 g/mol. The lowest BCUT2D eigenvalue weighted by Crippen LogP contribution is -2.51. The van der Waals surface area contributed by atoms with E-state index in [1.54, 1.807) is 18.9 Å². The number of ether oxygens (including phenoxy) is 1. The number of methoxy groups -OCH3 is 1. The molecule has 3 rings (SSSR count). The summed E-state index contributed by atoms with van der Waals surface area (Å²) in [6, 6.07) is 6.03. The van der Waals surface area contributed by atoms with Crippen molar-refractivity contribution in [3.8, 4) is 0 Å². The van der Waals surface area contributed by atoms with E-state index in [0.717, 1.165) is 42.4 Å². The van der Waals surface area contributed by atoms with Gasteiger partial charge in [0.25, 0.3) is 5.91 Å². The largest absolute Gasteiger partial charge is 0.392 e. The molecule has 1 aliphatic rings. The third kappa shape index (κ3) is 9.34. The standard InChI is InChI=1S/C23H35N7O3S.2ClH/c1-15-8-9-17-16(14-15)20(29-21(26-17)22(31)25-10-11-32-2)27-18-6-4-5-7-19(18)28-23(24)30-33-12-13-34-3;;/h8-9,14,18-19H,4-7,10-13H2,1-3H3,(H,25,31)(H3,24,28,30)(H,26,27,29);2*1H/t18-,19+;;/m0../s1. The minimum absolute atomic E-state index is 0. The number of thioether (sulfide) groups is 1. The summed E-state index contributed by atoms with van der Waals surface area (Å²) in [4.78, 5) is 27.0. The molecular weight excluding hydrogens is 525 g/mol. The van der Waals surface area contributed by atoms with Crippen molar-refractivity contribution >= 4 is 65.2 Å². The number of carbonyl (C=O) groups excluding carboxylic acids is 1. The highest BCUT2D eigenvalue weighted by molar-refractivity contribution is 7.98. The zero-order valence-corrected chi connectivity index (χ0v) is 23.4. The summed E-state index contributed by atoms with van der Waals surface area (Å²) in [5.41, 5.74) is 7.87. The van der Waals surface area contributed by atoms with Crippen molar-refractivity contribution in [2.24, 2.45) is 10.9 Å². The number of nitrogens with zero attached hydrogens (tertiary/aromatic N) is 3. The lowest BCUT2D eigenvalue weighted by Gasteiger charge is -2.33. The molecule has 0 saturated heterocycles. The van der Waals surface area contributed by atoms with E-state index < -0.39 is 0 Å². The third-order valence-electron chi connectivity index (χ3n) is 5.61. The van der Waals surface area contributed by atoms with Gasteiger partial charge in [-0.2, -0.15) is 11.8 Å². The van der Waals surface area contributed by atoms with Crippen molar-refractivity contribution in [3.63, 3.8) is 0 Å². The van der Waals surface area contributed by atoms with Gasteiger partial charge in [0, 0.05) is 36.9 Å². The van der Waals surface area contributed by atoms with Gasteiger partial charge in [-0.3, -0.25) is 4.79 Å². The molecule has 36 heavy (non-hydrogen) atoms. The fraction of sp³-hybridized carbons (Fsp3) is 0.565. The minimum Gasteiger partial charge on any atom is -0.392 e. The fourth-order valence-electron chi connectivity index (χ4n) is 3.90. The van der Waals surface area contributed by atoms with Crippen LogP contribution in [0.15, 0.2) is 23.4 Å². The Morgan fingerprint density at radius 2 is 1.94 bits per heavy atom. The highest BCUT2D eigenvalue weighted by Crippen LogP contribution is 2.27. The third-order valence-corrected chi connectivity index (χ3v) is 6.18. The molecule has 2 aromatic rings. The molecule has 1 aromatic carbocycles. The number of amides is 1. The summed E-state index contributed by atoms with van der Waals surface area (Å²) < 4.78 is 5.01. The van der Waals surface area contributed by atoms with E-state index in [-0.39, 0.29) is 54.6 Å². The number of guanidine groups is 1. The minimum atomic E-state index is -0.334. The SMILES string of the molecule is COCCNC(=O)c1nc(N[C@H]2CCCC[C@H]2N/C(N)=N\OCCSC)c2cc(C)ccc2n1.Cl.Cl. The van der Waals surface area contributed by atoms with E-state index in [0.29, 0.717) is 31.1 Å². The van der Waals surface area contributed by atoms with E-state index >= 15 is 0 Å². The molecule has 10 nitrogen and oxygen atoms in total. The Bertz CT molecular complexity index is 1000. The maximum atomic E-state index is 12.7. The van der Waals surface area contributed by atoms with Crippen LogP contribution in [-0.2, 0) is 9.57 Å². The molecule has 0 radical (unpaired) electrons. The Morgan fingerprint density at radius 1 is 1.19 bits per heavy atom. The van der Waals surface area contributed by atoms with Gasteiger partial charge < -0.3 is 31.3 Å². The van der Waals surface area contributed by atoms with Crippen LogP contribution in [0.25, 0.3) is 10.9 Å². The number of halogens is 2.